The van der Waals surface area contributed by atoms with Crippen molar-refractivity contribution < 1.29 is 9.59 Å². The third kappa shape index (κ3) is 3.90. The highest BCUT2D eigenvalue weighted by Crippen LogP contribution is 2.28. The number of carbonyl (C=O) groups is 2. The molecule has 1 unspecified atom stereocenters. The molecular weight excluding hydrogens is 356 g/mol. The maximum Gasteiger partial charge on any atom is 0.224 e. The first-order chi connectivity index (χ1) is 13.6. The number of aromatic nitrogens is 4. The summed E-state index contributed by atoms with van der Waals surface area (Å²) in [4.78, 5) is 25.9. The number of piperidine rings is 1. The number of carbonyl (C=O) groups excluding carboxylic acids is 2. The molecule has 1 N–H and O–H groups in total. The first-order valence-electron chi connectivity index (χ1n) is 9.60. The first kappa shape index (κ1) is 18.2. The van der Waals surface area contributed by atoms with Crippen molar-refractivity contribution in [3.8, 4) is 0 Å². The Morgan fingerprint density at radius 3 is 2.93 bits per heavy atom. The van der Waals surface area contributed by atoms with Gasteiger partial charge in [0.15, 0.2) is 0 Å². The summed E-state index contributed by atoms with van der Waals surface area (Å²) in [7, 11) is 0. The van der Waals surface area contributed by atoms with Crippen LogP contribution in [0.4, 0.5) is 5.69 Å². The van der Waals surface area contributed by atoms with Crippen LogP contribution in [0.25, 0.3) is 10.9 Å². The van der Waals surface area contributed by atoms with E-state index in [4.69, 9.17) is 0 Å². The number of anilines is 1. The fourth-order valence-corrected chi connectivity index (χ4v) is 3.89. The maximum atomic E-state index is 12.6. The number of likely N-dealkylation sites (tertiary alicyclic amines) is 1. The van der Waals surface area contributed by atoms with Gasteiger partial charge in [0.05, 0.1) is 18.8 Å². The van der Waals surface area contributed by atoms with Crippen LogP contribution in [-0.4, -0.2) is 49.4 Å². The molecule has 1 saturated heterocycles. The van der Waals surface area contributed by atoms with Gasteiger partial charge in [-0.25, -0.2) is 0 Å². The largest absolute Gasteiger partial charge is 0.343 e. The number of amides is 2. The summed E-state index contributed by atoms with van der Waals surface area (Å²) in [6.07, 6.45) is 7.94. The number of hydrogen-bond donors (Lipinski definition) is 1. The molecule has 2 amide bonds. The molecule has 8 heteroatoms. The normalized spacial score (nSPS) is 17.0. The molecule has 0 spiro atoms. The van der Waals surface area contributed by atoms with Crippen LogP contribution in [0.1, 0.15) is 32.2 Å². The van der Waals surface area contributed by atoms with Crippen LogP contribution in [0.3, 0.4) is 0 Å². The van der Waals surface area contributed by atoms with Crippen molar-refractivity contribution in [2.45, 2.75) is 38.8 Å². The third-order valence-corrected chi connectivity index (χ3v) is 5.21. The number of hydrogen-bond acceptors (Lipinski definition) is 4. The molecule has 1 fully saturated rings. The lowest BCUT2D eigenvalue weighted by molar-refractivity contribution is -0.133. The van der Waals surface area contributed by atoms with E-state index >= 15 is 0 Å². The highest BCUT2D eigenvalue weighted by Gasteiger charge is 2.25. The Labute approximate surface area is 163 Å². The highest BCUT2D eigenvalue weighted by atomic mass is 16.2. The number of benzene rings is 1. The van der Waals surface area contributed by atoms with Crippen LogP contribution in [0.2, 0.25) is 0 Å². The summed E-state index contributed by atoms with van der Waals surface area (Å²) in [6, 6.07) is 8.26. The lowest BCUT2D eigenvalue weighted by Crippen LogP contribution is -2.40. The Bertz CT molecular complexity index is 978. The highest BCUT2D eigenvalue weighted by molar-refractivity contribution is 5.92. The van der Waals surface area contributed by atoms with E-state index in [0.29, 0.717) is 19.5 Å². The SMILES string of the molecule is CC(=O)Nc1ccc2c(ccn2C2CCCN(C(=O)CCn3ccnn3)C2)c1. The first-order valence-corrected chi connectivity index (χ1v) is 9.60. The number of rotatable bonds is 5. The van der Waals surface area contributed by atoms with Crippen molar-refractivity contribution in [2.24, 2.45) is 0 Å². The zero-order valence-corrected chi connectivity index (χ0v) is 15.9. The van der Waals surface area contributed by atoms with Gasteiger partial charge in [-0.05, 0) is 37.1 Å². The van der Waals surface area contributed by atoms with Gasteiger partial charge in [0.2, 0.25) is 11.8 Å². The Morgan fingerprint density at radius 2 is 2.14 bits per heavy atom. The minimum atomic E-state index is -0.0777. The number of nitrogens with one attached hydrogen (secondary N) is 1. The molecule has 146 valence electrons. The predicted molar refractivity (Wildman–Crippen MR) is 106 cm³/mol. The van der Waals surface area contributed by atoms with Gasteiger partial charge >= 0.3 is 0 Å². The molecular formula is C20H24N6O2. The molecule has 1 atom stereocenters. The monoisotopic (exact) mass is 380 g/mol. The molecule has 28 heavy (non-hydrogen) atoms. The Balaban J connectivity index is 1.45. The molecule has 0 radical (unpaired) electrons. The Morgan fingerprint density at radius 1 is 1.25 bits per heavy atom. The molecule has 2 aromatic heterocycles. The van der Waals surface area contributed by atoms with Crippen molar-refractivity contribution in [1.29, 1.82) is 0 Å². The lowest BCUT2D eigenvalue weighted by Gasteiger charge is -2.34. The third-order valence-electron chi connectivity index (χ3n) is 5.21. The van der Waals surface area contributed by atoms with Crippen LogP contribution >= 0.6 is 0 Å². The van der Waals surface area contributed by atoms with E-state index in [0.717, 1.165) is 36.0 Å². The van der Waals surface area contributed by atoms with E-state index in [1.165, 1.54) is 6.92 Å². The van der Waals surface area contributed by atoms with Gasteiger partial charge in [0.25, 0.3) is 0 Å². The van der Waals surface area contributed by atoms with Crippen LogP contribution in [0.15, 0.2) is 42.9 Å². The van der Waals surface area contributed by atoms with Crippen LogP contribution in [0.5, 0.6) is 0 Å². The van der Waals surface area contributed by atoms with E-state index < -0.39 is 0 Å². The average Bonchev–Trinajstić information content (AvgIpc) is 3.35. The molecule has 0 saturated carbocycles. The molecule has 4 rings (SSSR count). The van der Waals surface area contributed by atoms with E-state index in [9.17, 15) is 9.59 Å². The Hall–Kier alpha value is -3.16. The van der Waals surface area contributed by atoms with Gasteiger partial charge in [-0.2, -0.15) is 0 Å². The minimum Gasteiger partial charge on any atom is -0.343 e. The summed E-state index contributed by atoms with van der Waals surface area (Å²) in [5, 5.41) is 11.6. The molecule has 1 aliphatic heterocycles. The van der Waals surface area contributed by atoms with Crippen molar-refractivity contribution in [1.82, 2.24) is 24.5 Å². The Kier molecular flexibility index (Phi) is 5.10. The van der Waals surface area contributed by atoms with E-state index in [-0.39, 0.29) is 17.9 Å². The van der Waals surface area contributed by atoms with Crippen LogP contribution in [-0.2, 0) is 16.1 Å². The average molecular weight is 380 g/mol. The van der Waals surface area contributed by atoms with Crippen molar-refractivity contribution in [2.75, 3.05) is 18.4 Å². The molecule has 8 nitrogen and oxygen atoms in total. The molecule has 3 heterocycles. The van der Waals surface area contributed by atoms with Gasteiger partial charge in [-0.1, -0.05) is 5.21 Å². The topological polar surface area (TPSA) is 85.0 Å². The lowest BCUT2D eigenvalue weighted by atomic mass is 10.0. The van der Waals surface area contributed by atoms with E-state index in [1.54, 1.807) is 17.1 Å². The number of nitrogens with zero attached hydrogens (tertiary/aromatic N) is 5. The smallest absolute Gasteiger partial charge is 0.224 e. The van der Waals surface area contributed by atoms with Gasteiger partial charge in [-0.15, -0.1) is 5.10 Å². The summed E-state index contributed by atoms with van der Waals surface area (Å²) in [5.74, 6) is 0.0794. The maximum absolute atomic E-state index is 12.6. The van der Waals surface area contributed by atoms with E-state index in [1.807, 2.05) is 23.1 Å². The molecule has 1 aliphatic rings. The van der Waals surface area contributed by atoms with Crippen LogP contribution < -0.4 is 5.32 Å². The molecule has 0 aliphatic carbocycles. The number of fused-ring (bicyclic) bond motifs is 1. The predicted octanol–water partition coefficient (Wildman–Crippen LogP) is 2.45. The van der Waals surface area contributed by atoms with Crippen molar-refractivity contribution in [3.05, 3.63) is 42.9 Å². The molecule has 3 aromatic rings. The summed E-state index contributed by atoms with van der Waals surface area (Å²) >= 11 is 0. The quantitative estimate of drug-likeness (QED) is 0.737. The van der Waals surface area contributed by atoms with Gasteiger partial charge < -0.3 is 14.8 Å². The summed E-state index contributed by atoms with van der Waals surface area (Å²) in [6.45, 7) is 3.58. The minimum absolute atomic E-state index is 0.0777. The van der Waals surface area contributed by atoms with Gasteiger partial charge in [0.1, 0.15) is 0 Å². The fourth-order valence-electron chi connectivity index (χ4n) is 3.89. The fraction of sp³-hybridized carbons (Fsp3) is 0.400. The van der Waals surface area contributed by atoms with Gasteiger partial charge in [-0.3, -0.25) is 14.3 Å². The van der Waals surface area contributed by atoms with Crippen LogP contribution in [0, 0.1) is 0 Å². The molecule has 0 bridgehead atoms. The summed E-state index contributed by atoms with van der Waals surface area (Å²) in [5.41, 5.74) is 1.92. The second-order valence-electron chi connectivity index (χ2n) is 7.23. The summed E-state index contributed by atoms with van der Waals surface area (Å²) < 4.78 is 3.94. The standard InChI is InChI=1S/C20H24N6O2/c1-15(27)22-17-4-5-19-16(13-17)6-11-26(19)18-3-2-9-24(14-18)20(28)7-10-25-12-8-21-23-25/h4-6,8,11-13,18H,2-3,7,9-10,14H2,1H3,(H,22,27). The van der Waals surface area contributed by atoms with E-state index in [2.05, 4.69) is 32.5 Å². The zero-order chi connectivity index (χ0) is 19.5. The second-order valence-corrected chi connectivity index (χ2v) is 7.23. The number of aryl methyl sites for hydroxylation is 1. The van der Waals surface area contributed by atoms with Crippen molar-refractivity contribution >= 4 is 28.4 Å². The molecule has 1 aromatic carbocycles. The second kappa shape index (κ2) is 7.84. The van der Waals surface area contributed by atoms with Gasteiger partial charge in [0, 0.05) is 55.4 Å². The zero-order valence-electron chi connectivity index (χ0n) is 15.9. The van der Waals surface area contributed by atoms with Crippen molar-refractivity contribution in [3.63, 3.8) is 0 Å².